The number of aliphatic hydroxyl groups excluding tert-OH is 1. The Hall–Kier alpha value is -5.86. The fourth-order valence-electron chi connectivity index (χ4n) is 8.47. The molecule has 2 aliphatic heterocycles. The fourth-order valence-corrected chi connectivity index (χ4v) is 9.66. The van der Waals surface area contributed by atoms with Crippen LogP contribution in [0.25, 0.3) is 11.1 Å². The van der Waals surface area contributed by atoms with E-state index in [-0.39, 0.29) is 36.7 Å². The lowest BCUT2D eigenvalue weighted by atomic mass is 9.96. The number of benzene rings is 6. The summed E-state index contributed by atoms with van der Waals surface area (Å²) in [5.74, 6) is 1.03. The van der Waals surface area contributed by atoms with E-state index in [1.165, 1.54) is 11.1 Å². The third-order valence-electron chi connectivity index (χ3n) is 12.0. The number of carbonyl (C=O) groups excluding carboxylic acids is 1. The second-order valence-corrected chi connectivity index (χ2v) is 18.2. The zero-order valence-electron chi connectivity index (χ0n) is 36.4. The second-order valence-electron chi connectivity index (χ2n) is 16.5. The van der Waals surface area contributed by atoms with Crippen LogP contribution in [0, 0.1) is 6.92 Å². The van der Waals surface area contributed by atoms with Gasteiger partial charge in [-0.1, -0.05) is 109 Å². The van der Waals surface area contributed by atoms with E-state index in [9.17, 15) is 18.3 Å². The first-order chi connectivity index (χ1) is 31.1. The maximum atomic E-state index is 13.8. The Balaban J connectivity index is 0.983. The molecule has 1 fully saturated rings. The normalized spacial score (nSPS) is 18.2. The lowest BCUT2D eigenvalue weighted by Crippen LogP contribution is -2.47. The van der Waals surface area contributed by atoms with Crippen molar-refractivity contribution in [2.24, 2.45) is 0 Å². The van der Waals surface area contributed by atoms with Crippen LogP contribution >= 0.6 is 0 Å². The molecule has 8 rings (SSSR count). The van der Waals surface area contributed by atoms with Crippen LogP contribution in [-0.4, -0.2) is 63.8 Å². The number of aliphatic hydroxyl groups is 1. The molecule has 0 bridgehead atoms. The average Bonchev–Trinajstić information content (AvgIpc) is 3.33. The Bertz CT molecular complexity index is 2640. The number of methoxy groups -OCH3 is 2. The van der Waals surface area contributed by atoms with Crippen LogP contribution in [-0.2, 0) is 56.8 Å². The number of hydrogen-bond donors (Lipinski definition) is 3. The molecular formula is C52H55N3O8S. The molecule has 11 nitrogen and oxygen atoms in total. The number of ether oxygens (including phenoxy) is 4. The molecule has 4 unspecified atom stereocenters. The summed E-state index contributed by atoms with van der Waals surface area (Å²) in [6.07, 6.45) is 0.724. The van der Waals surface area contributed by atoms with Crippen LogP contribution in [0.5, 0.6) is 11.5 Å². The van der Waals surface area contributed by atoms with Gasteiger partial charge in [0.1, 0.15) is 6.04 Å². The first kappa shape index (κ1) is 44.7. The molecule has 4 atom stereocenters. The smallest absolute Gasteiger partial charge is 0.241 e. The number of nitrogens with zero attached hydrogens (tertiary/aromatic N) is 1. The quantitative estimate of drug-likeness (QED) is 0.0885. The van der Waals surface area contributed by atoms with E-state index in [1.54, 1.807) is 38.5 Å². The van der Waals surface area contributed by atoms with E-state index in [0.29, 0.717) is 13.0 Å². The lowest BCUT2D eigenvalue weighted by Gasteiger charge is -2.39. The third-order valence-corrected chi connectivity index (χ3v) is 13.5. The van der Waals surface area contributed by atoms with Crippen molar-refractivity contribution in [3.63, 3.8) is 0 Å². The number of hydrogen-bond acceptors (Lipinski definition) is 9. The standard InChI is InChI=1S/C52H55N3O8S/c1-35-15-21-46(22-16-35)64(58,59)54-47(26-36-9-5-4-6-10-36)51(57)53-31-38-11-7-12-40(25-38)41-13-8-14-43(27-41)52-62-45(30-48(63-52)39-19-17-37(34-56)18-20-39)33-55-24-23-42-28-49(60-2)50(61-3)29-44(42)32-55/h4-22,25,27-29,45,47-48,52,54,56H,23-24,26,30-34H2,1-3H3,(H,53,57). The van der Waals surface area contributed by atoms with E-state index >= 15 is 0 Å². The van der Waals surface area contributed by atoms with Crippen molar-refractivity contribution in [2.75, 3.05) is 27.3 Å². The highest BCUT2D eigenvalue weighted by molar-refractivity contribution is 7.89. The molecule has 3 N–H and O–H groups in total. The Labute approximate surface area is 376 Å². The fraction of sp³-hybridized carbons (Fsp3) is 0.288. The average molecular weight is 882 g/mol. The summed E-state index contributed by atoms with van der Waals surface area (Å²) in [6.45, 7) is 4.41. The van der Waals surface area contributed by atoms with Crippen molar-refractivity contribution in [1.82, 2.24) is 14.9 Å². The summed E-state index contributed by atoms with van der Waals surface area (Å²) >= 11 is 0. The Morgan fingerprint density at radius 2 is 1.45 bits per heavy atom. The van der Waals surface area contributed by atoms with Crippen molar-refractivity contribution >= 4 is 15.9 Å². The molecule has 0 saturated carbocycles. The van der Waals surface area contributed by atoms with Crippen LogP contribution in [0.4, 0.5) is 0 Å². The SMILES string of the molecule is COc1cc2c(cc1OC)CN(CC1CC(c3ccc(CO)cc3)OC(c3cccc(-c4cccc(CNC(=O)C(Cc5ccccc5)NS(=O)(=O)c5ccc(C)cc5)c4)c3)O1)CC2. The van der Waals surface area contributed by atoms with E-state index in [1.807, 2.05) is 104 Å². The summed E-state index contributed by atoms with van der Waals surface area (Å²) in [5, 5.41) is 12.7. The molecule has 6 aromatic carbocycles. The summed E-state index contributed by atoms with van der Waals surface area (Å²) in [5.41, 5.74) is 9.74. The number of amides is 1. The van der Waals surface area contributed by atoms with Crippen LogP contribution in [0.1, 0.15) is 63.3 Å². The number of rotatable bonds is 16. The summed E-state index contributed by atoms with van der Waals surface area (Å²) in [6, 6.07) is 43.0. The number of carbonyl (C=O) groups is 1. The minimum Gasteiger partial charge on any atom is -0.493 e. The molecule has 0 radical (unpaired) electrons. The van der Waals surface area contributed by atoms with Gasteiger partial charge >= 0.3 is 0 Å². The topological polar surface area (TPSA) is 136 Å². The number of sulfonamides is 1. The summed E-state index contributed by atoms with van der Waals surface area (Å²) in [7, 11) is -0.658. The molecular weight excluding hydrogens is 827 g/mol. The van der Waals surface area contributed by atoms with Gasteiger partial charge in [0.05, 0.1) is 37.9 Å². The minimum atomic E-state index is -3.98. The van der Waals surface area contributed by atoms with E-state index < -0.39 is 28.3 Å². The Morgan fingerprint density at radius 1 is 0.766 bits per heavy atom. The molecule has 64 heavy (non-hydrogen) atoms. The predicted octanol–water partition coefficient (Wildman–Crippen LogP) is 7.98. The first-order valence-electron chi connectivity index (χ1n) is 21.6. The van der Waals surface area contributed by atoms with Gasteiger partial charge < -0.3 is 29.4 Å². The molecule has 0 spiro atoms. The van der Waals surface area contributed by atoms with Crippen molar-refractivity contribution in [3.8, 4) is 22.6 Å². The first-order valence-corrected chi connectivity index (χ1v) is 23.1. The van der Waals surface area contributed by atoms with Crippen LogP contribution < -0.4 is 19.5 Å². The molecule has 2 aliphatic rings. The number of fused-ring (bicyclic) bond motifs is 1. The van der Waals surface area contributed by atoms with Gasteiger partial charge in [0, 0.05) is 38.2 Å². The van der Waals surface area contributed by atoms with Crippen molar-refractivity contribution in [1.29, 1.82) is 0 Å². The second kappa shape index (κ2) is 20.3. The van der Waals surface area contributed by atoms with Crippen molar-refractivity contribution < 1.29 is 37.3 Å². The molecule has 0 aromatic heterocycles. The monoisotopic (exact) mass is 881 g/mol. The van der Waals surface area contributed by atoms with Crippen LogP contribution in [0.15, 0.2) is 144 Å². The van der Waals surface area contributed by atoms with Gasteiger partial charge in [0.25, 0.3) is 0 Å². The highest BCUT2D eigenvalue weighted by atomic mass is 32.2. The van der Waals surface area contributed by atoms with E-state index in [2.05, 4.69) is 33.1 Å². The van der Waals surface area contributed by atoms with Crippen LogP contribution in [0.2, 0.25) is 0 Å². The summed E-state index contributed by atoms with van der Waals surface area (Å²) < 4.78 is 54.3. The van der Waals surface area contributed by atoms with Gasteiger partial charge in [0.15, 0.2) is 17.8 Å². The summed E-state index contributed by atoms with van der Waals surface area (Å²) in [4.78, 5) is 16.3. The van der Waals surface area contributed by atoms with Gasteiger partial charge in [0.2, 0.25) is 15.9 Å². The third kappa shape index (κ3) is 10.9. The molecule has 2 heterocycles. The number of aryl methyl sites for hydroxylation is 1. The van der Waals surface area contributed by atoms with E-state index in [0.717, 1.165) is 75.5 Å². The van der Waals surface area contributed by atoms with E-state index in [4.69, 9.17) is 18.9 Å². The predicted molar refractivity (Wildman–Crippen MR) is 246 cm³/mol. The molecule has 1 amide bonds. The van der Waals surface area contributed by atoms with Gasteiger partial charge in [-0.3, -0.25) is 9.69 Å². The highest BCUT2D eigenvalue weighted by Crippen LogP contribution is 2.40. The molecule has 0 aliphatic carbocycles. The zero-order chi connectivity index (χ0) is 44.6. The van der Waals surface area contributed by atoms with Crippen molar-refractivity contribution in [3.05, 3.63) is 184 Å². The molecule has 1 saturated heterocycles. The Kier molecular flexibility index (Phi) is 14.2. The van der Waals surface area contributed by atoms with Crippen LogP contribution in [0.3, 0.4) is 0 Å². The van der Waals surface area contributed by atoms with Gasteiger partial charge in [-0.25, -0.2) is 8.42 Å². The molecule has 6 aromatic rings. The van der Waals surface area contributed by atoms with Gasteiger partial charge in [-0.2, -0.15) is 4.72 Å². The maximum Gasteiger partial charge on any atom is 0.241 e. The van der Waals surface area contributed by atoms with Gasteiger partial charge in [-0.05, 0) is 101 Å². The lowest BCUT2D eigenvalue weighted by molar-refractivity contribution is -0.253. The molecule has 12 heteroatoms. The highest BCUT2D eigenvalue weighted by Gasteiger charge is 2.34. The van der Waals surface area contributed by atoms with Crippen molar-refractivity contribution in [2.45, 2.75) is 75.3 Å². The number of nitrogens with one attached hydrogen (secondary N) is 2. The maximum absolute atomic E-state index is 13.8. The molecule has 332 valence electrons. The largest absolute Gasteiger partial charge is 0.493 e. The van der Waals surface area contributed by atoms with Gasteiger partial charge in [-0.15, -0.1) is 0 Å². The Morgan fingerprint density at radius 3 is 2.17 bits per heavy atom. The zero-order valence-corrected chi connectivity index (χ0v) is 37.2. The minimum absolute atomic E-state index is 0.0293.